The van der Waals surface area contributed by atoms with Gasteiger partial charge in [-0.1, -0.05) is 0 Å². The zero-order chi connectivity index (χ0) is 10.1. The fourth-order valence-electron chi connectivity index (χ4n) is 1.06. The van der Waals surface area contributed by atoms with Crippen LogP contribution in [0.5, 0.6) is 0 Å². The number of nitrogens with zero attached hydrogens (tertiary/aromatic N) is 1. The van der Waals surface area contributed by atoms with Crippen LogP contribution in [0.25, 0.3) is 0 Å². The van der Waals surface area contributed by atoms with Gasteiger partial charge in [0.15, 0.2) is 0 Å². The van der Waals surface area contributed by atoms with Crippen molar-refractivity contribution in [3.05, 3.63) is 0 Å². The van der Waals surface area contributed by atoms with Crippen LogP contribution in [0, 0.1) is 0 Å². The molecule has 0 aliphatic heterocycles. The first-order valence-corrected chi connectivity index (χ1v) is 4.80. The molecule has 0 heterocycles. The van der Waals surface area contributed by atoms with Crippen LogP contribution >= 0.6 is 0 Å². The van der Waals surface area contributed by atoms with Gasteiger partial charge in [0.2, 0.25) is 5.91 Å². The van der Waals surface area contributed by atoms with Gasteiger partial charge < -0.3 is 16.0 Å². The maximum Gasteiger partial charge on any atom is 0.221 e. The van der Waals surface area contributed by atoms with E-state index in [1.807, 2.05) is 7.05 Å². The lowest BCUT2D eigenvalue weighted by Gasteiger charge is -2.15. The van der Waals surface area contributed by atoms with Crippen molar-refractivity contribution in [2.75, 3.05) is 33.7 Å². The standard InChI is InChI=1S/C9H21N3O/c1-11-9(13)5-8-12(2)7-4-3-6-10/h3-8,10H2,1-2H3,(H,11,13). The van der Waals surface area contributed by atoms with Gasteiger partial charge >= 0.3 is 0 Å². The second kappa shape index (κ2) is 8.01. The van der Waals surface area contributed by atoms with E-state index in [-0.39, 0.29) is 5.91 Å². The van der Waals surface area contributed by atoms with E-state index < -0.39 is 0 Å². The molecule has 78 valence electrons. The first-order valence-electron chi connectivity index (χ1n) is 4.80. The third-order valence-corrected chi connectivity index (χ3v) is 1.99. The van der Waals surface area contributed by atoms with Gasteiger partial charge in [0, 0.05) is 20.0 Å². The number of nitrogens with two attached hydrogens (primary N) is 1. The molecule has 0 unspecified atom stereocenters. The number of hydrogen-bond acceptors (Lipinski definition) is 3. The van der Waals surface area contributed by atoms with Crippen LogP contribution in [0.4, 0.5) is 0 Å². The number of rotatable bonds is 7. The van der Waals surface area contributed by atoms with Crippen molar-refractivity contribution >= 4 is 5.91 Å². The Bertz CT molecular complexity index is 139. The van der Waals surface area contributed by atoms with Gasteiger partial charge in [-0.15, -0.1) is 0 Å². The summed E-state index contributed by atoms with van der Waals surface area (Å²) in [5, 5.41) is 2.60. The molecular weight excluding hydrogens is 166 g/mol. The second-order valence-electron chi connectivity index (χ2n) is 3.22. The highest BCUT2D eigenvalue weighted by molar-refractivity contribution is 5.75. The first-order chi connectivity index (χ1) is 6.20. The van der Waals surface area contributed by atoms with Crippen LogP contribution in [-0.4, -0.2) is 44.5 Å². The van der Waals surface area contributed by atoms with Crippen molar-refractivity contribution in [1.82, 2.24) is 10.2 Å². The zero-order valence-electron chi connectivity index (χ0n) is 8.68. The van der Waals surface area contributed by atoms with E-state index >= 15 is 0 Å². The van der Waals surface area contributed by atoms with Gasteiger partial charge in [0.05, 0.1) is 0 Å². The van der Waals surface area contributed by atoms with Gasteiger partial charge in [-0.05, 0) is 33.0 Å². The fourth-order valence-corrected chi connectivity index (χ4v) is 1.06. The summed E-state index contributed by atoms with van der Waals surface area (Å²) >= 11 is 0. The highest BCUT2D eigenvalue weighted by Gasteiger charge is 2.01. The molecule has 4 nitrogen and oxygen atoms in total. The summed E-state index contributed by atoms with van der Waals surface area (Å²) in [6.45, 7) is 2.60. The third kappa shape index (κ3) is 7.74. The summed E-state index contributed by atoms with van der Waals surface area (Å²) in [7, 11) is 3.69. The Kier molecular flexibility index (Phi) is 7.63. The molecule has 0 saturated heterocycles. The predicted molar refractivity (Wildman–Crippen MR) is 54.5 cm³/mol. The Labute approximate surface area is 80.5 Å². The molecule has 0 aliphatic rings. The Morgan fingerprint density at radius 2 is 2.08 bits per heavy atom. The van der Waals surface area contributed by atoms with Gasteiger partial charge in [0.1, 0.15) is 0 Å². The van der Waals surface area contributed by atoms with Crippen molar-refractivity contribution in [3.8, 4) is 0 Å². The molecule has 0 rings (SSSR count). The van der Waals surface area contributed by atoms with Crippen LogP contribution in [0.2, 0.25) is 0 Å². The lowest BCUT2D eigenvalue weighted by Crippen LogP contribution is -2.27. The molecule has 4 heteroatoms. The van der Waals surface area contributed by atoms with Crippen LogP contribution in [0.15, 0.2) is 0 Å². The molecule has 13 heavy (non-hydrogen) atoms. The molecule has 0 aromatic heterocycles. The molecule has 0 saturated carbocycles. The van der Waals surface area contributed by atoms with Crippen molar-refractivity contribution in [1.29, 1.82) is 0 Å². The van der Waals surface area contributed by atoms with Gasteiger partial charge in [-0.2, -0.15) is 0 Å². The average molecular weight is 187 g/mol. The van der Waals surface area contributed by atoms with E-state index in [1.165, 1.54) is 0 Å². The Morgan fingerprint density at radius 3 is 2.62 bits per heavy atom. The highest BCUT2D eigenvalue weighted by atomic mass is 16.1. The van der Waals surface area contributed by atoms with E-state index in [9.17, 15) is 4.79 Å². The summed E-state index contributed by atoms with van der Waals surface area (Å²) < 4.78 is 0. The number of carbonyl (C=O) groups is 1. The second-order valence-corrected chi connectivity index (χ2v) is 3.22. The van der Waals surface area contributed by atoms with Crippen LogP contribution in [-0.2, 0) is 4.79 Å². The van der Waals surface area contributed by atoms with Crippen LogP contribution < -0.4 is 11.1 Å². The molecular formula is C9H21N3O. The predicted octanol–water partition coefficient (Wildman–Crippen LogP) is -0.207. The monoisotopic (exact) mass is 187 g/mol. The summed E-state index contributed by atoms with van der Waals surface area (Å²) in [6, 6.07) is 0. The summed E-state index contributed by atoms with van der Waals surface area (Å²) in [5.74, 6) is 0.102. The largest absolute Gasteiger partial charge is 0.359 e. The van der Waals surface area contributed by atoms with Gasteiger partial charge in [0.25, 0.3) is 0 Å². The lowest BCUT2D eigenvalue weighted by molar-refractivity contribution is -0.120. The Balaban J connectivity index is 3.29. The Morgan fingerprint density at radius 1 is 1.38 bits per heavy atom. The number of amides is 1. The number of unbranched alkanes of at least 4 members (excludes halogenated alkanes) is 1. The smallest absolute Gasteiger partial charge is 0.221 e. The molecule has 3 N–H and O–H groups in total. The van der Waals surface area contributed by atoms with E-state index in [4.69, 9.17) is 5.73 Å². The third-order valence-electron chi connectivity index (χ3n) is 1.99. The molecule has 0 aromatic carbocycles. The normalized spacial score (nSPS) is 10.5. The van der Waals surface area contributed by atoms with E-state index in [2.05, 4.69) is 10.2 Å². The molecule has 0 bridgehead atoms. The topological polar surface area (TPSA) is 58.4 Å². The maximum atomic E-state index is 10.9. The minimum Gasteiger partial charge on any atom is -0.359 e. The number of carbonyl (C=O) groups excluding carboxylic acids is 1. The molecule has 0 atom stereocenters. The average Bonchev–Trinajstić information content (AvgIpc) is 2.14. The van der Waals surface area contributed by atoms with Crippen LogP contribution in [0.1, 0.15) is 19.3 Å². The van der Waals surface area contributed by atoms with Crippen molar-refractivity contribution in [2.45, 2.75) is 19.3 Å². The zero-order valence-corrected chi connectivity index (χ0v) is 8.68. The first kappa shape index (κ1) is 12.4. The minimum absolute atomic E-state index is 0.102. The molecule has 0 fully saturated rings. The lowest BCUT2D eigenvalue weighted by atomic mass is 10.3. The van der Waals surface area contributed by atoms with Gasteiger partial charge in [-0.25, -0.2) is 0 Å². The molecule has 0 aromatic rings. The van der Waals surface area contributed by atoms with E-state index in [1.54, 1.807) is 7.05 Å². The fraction of sp³-hybridized carbons (Fsp3) is 0.889. The number of nitrogens with one attached hydrogen (secondary N) is 1. The summed E-state index contributed by atoms with van der Waals surface area (Å²) in [4.78, 5) is 13.0. The van der Waals surface area contributed by atoms with Crippen molar-refractivity contribution in [2.24, 2.45) is 5.73 Å². The summed E-state index contributed by atoms with van der Waals surface area (Å²) in [5.41, 5.74) is 5.38. The molecule has 0 radical (unpaired) electrons. The SMILES string of the molecule is CNC(=O)CCN(C)CCCCN. The molecule has 1 amide bonds. The molecule has 0 spiro atoms. The quantitative estimate of drug-likeness (QED) is 0.542. The van der Waals surface area contributed by atoms with E-state index in [0.717, 1.165) is 32.5 Å². The van der Waals surface area contributed by atoms with Crippen molar-refractivity contribution < 1.29 is 4.79 Å². The van der Waals surface area contributed by atoms with Crippen molar-refractivity contribution in [3.63, 3.8) is 0 Å². The molecule has 0 aliphatic carbocycles. The minimum atomic E-state index is 0.102. The summed E-state index contributed by atoms with van der Waals surface area (Å²) in [6.07, 6.45) is 2.75. The maximum absolute atomic E-state index is 10.9. The van der Waals surface area contributed by atoms with Gasteiger partial charge in [-0.3, -0.25) is 4.79 Å². The Hall–Kier alpha value is -0.610. The highest BCUT2D eigenvalue weighted by Crippen LogP contribution is 1.92. The van der Waals surface area contributed by atoms with E-state index in [0.29, 0.717) is 6.42 Å². The van der Waals surface area contributed by atoms with Crippen LogP contribution in [0.3, 0.4) is 0 Å². The number of hydrogen-bond donors (Lipinski definition) is 2.